The first-order chi connectivity index (χ1) is 5.77. The normalized spacial score (nSPS) is 22.5. The van der Waals surface area contributed by atoms with Crippen LogP contribution in [0.1, 0.15) is 25.7 Å². The summed E-state index contributed by atoms with van der Waals surface area (Å²) in [5, 5.41) is 13.3. The molecule has 1 heterocycles. The van der Waals surface area contributed by atoms with Crippen LogP contribution in [0.25, 0.3) is 0 Å². The van der Waals surface area contributed by atoms with E-state index in [4.69, 9.17) is 0 Å². The van der Waals surface area contributed by atoms with Gasteiger partial charge in [-0.25, -0.2) is 0 Å². The van der Waals surface area contributed by atoms with Crippen LogP contribution in [0.3, 0.4) is 0 Å². The van der Waals surface area contributed by atoms with Crippen molar-refractivity contribution in [2.75, 3.05) is 25.1 Å². The van der Waals surface area contributed by atoms with Crippen molar-refractivity contribution in [1.29, 1.82) is 0 Å². The first-order valence-corrected chi connectivity index (χ1v) is 6.08. The molecular formula is C9H19NOS. The van der Waals surface area contributed by atoms with Crippen LogP contribution < -0.4 is 5.32 Å². The van der Waals surface area contributed by atoms with Gasteiger partial charge in [0, 0.05) is 0 Å². The first-order valence-electron chi connectivity index (χ1n) is 4.69. The Morgan fingerprint density at radius 1 is 1.42 bits per heavy atom. The first kappa shape index (κ1) is 10.4. The van der Waals surface area contributed by atoms with Crippen molar-refractivity contribution in [2.24, 2.45) is 0 Å². The fraction of sp³-hybridized carbons (Fsp3) is 1.00. The van der Waals surface area contributed by atoms with Gasteiger partial charge in [-0.1, -0.05) is 0 Å². The monoisotopic (exact) mass is 189 g/mol. The van der Waals surface area contributed by atoms with Gasteiger partial charge < -0.3 is 10.4 Å². The summed E-state index contributed by atoms with van der Waals surface area (Å²) in [5.74, 6) is 1.18. The molecule has 1 aliphatic rings. The second kappa shape index (κ2) is 5.10. The molecule has 12 heavy (non-hydrogen) atoms. The minimum atomic E-state index is -0.346. The Morgan fingerprint density at radius 2 is 2.08 bits per heavy atom. The second-order valence-electron chi connectivity index (χ2n) is 3.57. The minimum absolute atomic E-state index is 0.346. The molecule has 0 amide bonds. The van der Waals surface area contributed by atoms with E-state index in [0.717, 1.165) is 38.8 Å². The quantitative estimate of drug-likeness (QED) is 0.653. The van der Waals surface area contributed by atoms with E-state index in [0.29, 0.717) is 0 Å². The van der Waals surface area contributed by atoms with Crippen LogP contribution in [0.4, 0.5) is 0 Å². The molecule has 0 aromatic rings. The lowest BCUT2D eigenvalue weighted by molar-refractivity contribution is 0.00220. The summed E-state index contributed by atoms with van der Waals surface area (Å²) in [5.41, 5.74) is -0.346. The van der Waals surface area contributed by atoms with Crippen LogP contribution >= 0.6 is 11.8 Å². The number of aliphatic hydroxyl groups is 1. The predicted molar refractivity (Wildman–Crippen MR) is 54.7 cm³/mol. The van der Waals surface area contributed by atoms with Crippen LogP contribution in [0.2, 0.25) is 0 Å². The van der Waals surface area contributed by atoms with E-state index in [1.165, 1.54) is 5.75 Å². The van der Waals surface area contributed by atoms with Crippen LogP contribution in [0, 0.1) is 0 Å². The molecule has 3 heteroatoms. The van der Waals surface area contributed by atoms with Crippen molar-refractivity contribution in [3.63, 3.8) is 0 Å². The van der Waals surface area contributed by atoms with E-state index >= 15 is 0 Å². The van der Waals surface area contributed by atoms with E-state index in [1.54, 1.807) is 0 Å². The maximum absolute atomic E-state index is 10.0. The highest BCUT2D eigenvalue weighted by Crippen LogP contribution is 2.24. The Labute approximate surface area is 79.1 Å². The molecule has 0 radical (unpaired) electrons. The molecule has 1 saturated heterocycles. The van der Waals surface area contributed by atoms with Crippen LogP contribution in [0.5, 0.6) is 0 Å². The molecular weight excluding hydrogens is 170 g/mol. The highest BCUT2D eigenvalue weighted by atomic mass is 32.2. The van der Waals surface area contributed by atoms with Crippen LogP contribution in [-0.2, 0) is 0 Å². The SMILES string of the molecule is CSCCCC1(O)CCNCC1. The van der Waals surface area contributed by atoms with Gasteiger partial charge in [-0.05, 0) is 50.8 Å². The van der Waals surface area contributed by atoms with Gasteiger partial charge >= 0.3 is 0 Å². The molecule has 0 aromatic carbocycles. The number of nitrogens with one attached hydrogen (secondary N) is 1. The lowest BCUT2D eigenvalue weighted by Crippen LogP contribution is -2.41. The highest BCUT2D eigenvalue weighted by molar-refractivity contribution is 7.98. The molecule has 1 fully saturated rings. The lowest BCUT2D eigenvalue weighted by Gasteiger charge is -2.32. The molecule has 0 atom stereocenters. The van der Waals surface area contributed by atoms with Crippen molar-refractivity contribution >= 4 is 11.8 Å². The Kier molecular flexibility index (Phi) is 4.40. The Bertz CT molecular complexity index is 124. The Morgan fingerprint density at radius 3 is 2.67 bits per heavy atom. The number of thioether (sulfide) groups is 1. The molecule has 0 spiro atoms. The molecule has 0 bridgehead atoms. The van der Waals surface area contributed by atoms with Gasteiger partial charge in [-0.15, -0.1) is 0 Å². The van der Waals surface area contributed by atoms with E-state index in [9.17, 15) is 5.11 Å². The van der Waals surface area contributed by atoms with Gasteiger partial charge in [0.05, 0.1) is 5.60 Å². The van der Waals surface area contributed by atoms with Gasteiger partial charge in [0.15, 0.2) is 0 Å². The Balaban J connectivity index is 2.17. The third-order valence-corrected chi connectivity index (χ3v) is 3.22. The smallest absolute Gasteiger partial charge is 0.0672 e. The summed E-state index contributed by atoms with van der Waals surface area (Å²) in [4.78, 5) is 0. The third kappa shape index (κ3) is 3.33. The van der Waals surface area contributed by atoms with Gasteiger partial charge in [0.25, 0.3) is 0 Å². The maximum Gasteiger partial charge on any atom is 0.0672 e. The molecule has 0 aromatic heterocycles. The van der Waals surface area contributed by atoms with Gasteiger partial charge in [-0.3, -0.25) is 0 Å². The molecule has 2 N–H and O–H groups in total. The third-order valence-electron chi connectivity index (χ3n) is 2.52. The van der Waals surface area contributed by atoms with Crippen molar-refractivity contribution in [2.45, 2.75) is 31.3 Å². The summed E-state index contributed by atoms with van der Waals surface area (Å²) in [6.45, 7) is 1.96. The molecule has 0 unspecified atom stereocenters. The molecule has 0 saturated carbocycles. The summed E-state index contributed by atoms with van der Waals surface area (Å²) >= 11 is 1.86. The summed E-state index contributed by atoms with van der Waals surface area (Å²) in [7, 11) is 0. The average Bonchev–Trinajstić information content (AvgIpc) is 2.06. The Hall–Kier alpha value is 0.270. The van der Waals surface area contributed by atoms with E-state index in [2.05, 4.69) is 11.6 Å². The molecule has 1 rings (SSSR count). The summed E-state index contributed by atoms with van der Waals surface area (Å²) < 4.78 is 0. The zero-order valence-corrected chi connectivity index (χ0v) is 8.62. The number of rotatable bonds is 4. The van der Waals surface area contributed by atoms with E-state index in [-0.39, 0.29) is 5.60 Å². The summed E-state index contributed by atoms with van der Waals surface area (Å²) in [6, 6.07) is 0. The zero-order chi connectivity index (χ0) is 8.86. The largest absolute Gasteiger partial charge is 0.390 e. The predicted octanol–water partition coefficient (Wildman–Crippen LogP) is 1.24. The van der Waals surface area contributed by atoms with Gasteiger partial charge in [0.2, 0.25) is 0 Å². The van der Waals surface area contributed by atoms with Crippen molar-refractivity contribution in [3.05, 3.63) is 0 Å². The number of hydrogen-bond donors (Lipinski definition) is 2. The molecule has 2 nitrogen and oxygen atoms in total. The van der Waals surface area contributed by atoms with Gasteiger partial charge in [0.1, 0.15) is 0 Å². The van der Waals surface area contributed by atoms with E-state index < -0.39 is 0 Å². The second-order valence-corrected chi connectivity index (χ2v) is 4.56. The van der Waals surface area contributed by atoms with Gasteiger partial charge in [-0.2, -0.15) is 11.8 Å². The van der Waals surface area contributed by atoms with Crippen molar-refractivity contribution < 1.29 is 5.11 Å². The minimum Gasteiger partial charge on any atom is -0.390 e. The highest BCUT2D eigenvalue weighted by Gasteiger charge is 2.27. The maximum atomic E-state index is 10.0. The lowest BCUT2D eigenvalue weighted by atomic mass is 9.88. The molecule has 0 aliphatic carbocycles. The standard InChI is InChI=1S/C9H19NOS/c1-12-8-2-3-9(11)4-6-10-7-5-9/h10-11H,2-8H2,1H3. The zero-order valence-electron chi connectivity index (χ0n) is 7.81. The van der Waals surface area contributed by atoms with Crippen molar-refractivity contribution in [1.82, 2.24) is 5.32 Å². The molecule has 1 aliphatic heterocycles. The number of hydrogen-bond acceptors (Lipinski definition) is 3. The number of piperidine rings is 1. The topological polar surface area (TPSA) is 32.3 Å². The fourth-order valence-electron chi connectivity index (χ4n) is 1.69. The average molecular weight is 189 g/mol. The van der Waals surface area contributed by atoms with Crippen molar-refractivity contribution in [3.8, 4) is 0 Å². The summed E-state index contributed by atoms with van der Waals surface area (Å²) in [6.07, 6.45) is 6.11. The molecule has 72 valence electrons. The fourth-order valence-corrected chi connectivity index (χ4v) is 2.12. The van der Waals surface area contributed by atoms with Crippen LogP contribution in [0.15, 0.2) is 0 Å². The van der Waals surface area contributed by atoms with Crippen LogP contribution in [-0.4, -0.2) is 35.8 Å². The van der Waals surface area contributed by atoms with E-state index in [1.807, 2.05) is 11.8 Å².